The van der Waals surface area contributed by atoms with Crippen molar-refractivity contribution < 1.29 is 13.2 Å². The molecule has 0 radical (unpaired) electrons. The van der Waals surface area contributed by atoms with Gasteiger partial charge in [0.05, 0.1) is 12.4 Å². The van der Waals surface area contributed by atoms with E-state index in [1.165, 1.54) is 4.31 Å². The molecule has 0 aromatic carbocycles. The predicted molar refractivity (Wildman–Crippen MR) is 75.3 cm³/mol. The van der Waals surface area contributed by atoms with Crippen LogP contribution in [0.5, 0.6) is 0 Å². The second kappa shape index (κ2) is 9.72. The molecule has 0 aliphatic heterocycles. The van der Waals surface area contributed by atoms with E-state index in [4.69, 9.17) is 4.74 Å². The Morgan fingerprint density at radius 2 is 1.94 bits per heavy atom. The molecule has 0 fully saturated rings. The lowest BCUT2D eigenvalue weighted by molar-refractivity contribution is 0.171. The van der Waals surface area contributed by atoms with Gasteiger partial charge >= 0.3 is 0 Å². The van der Waals surface area contributed by atoms with Crippen LogP contribution in [0.2, 0.25) is 0 Å². The van der Waals surface area contributed by atoms with Crippen LogP contribution in [0.4, 0.5) is 0 Å². The van der Waals surface area contributed by atoms with Crippen molar-refractivity contribution in [1.29, 1.82) is 0 Å². The Hall–Kier alpha value is -0.170. The third-order valence-electron chi connectivity index (χ3n) is 2.63. The number of sulfonamides is 1. The first kappa shape index (κ1) is 17.8. The maximum Gasteiger partial charge on any atom is 0.214 e. The van der Waals surface area contributed by atoms with Gasteiger partial charge in [0.1, 0.15) is 0 Å². The van der Waals surface area contributed by atoms with Crippen LogP contribution in [-0.4, -0.2) is 57.9 Å². The fourth-order valence-corrected chi connectivity index (χ4v) is 3.44. The molecule has 0 unspecified atom stereocenters. The van der Waals surface area contributed by atoms with E-state index in [0.717, 1.165) is 19.5 Å². The van der Waals surface area contributed by atoms with Crippen LogP contribution >= 0.6 is 0 Å². The molecule has 0 aromatic heterocycles. The molecular weight excluding hydrogens is 252 g/mol. The van der Waals surface area contributed by atoms with Gasteiger partial charge < -0.3 is 10.1 Å². The van der Waals surface area contributed by atoms with E-state index < -0.39 is 10.0 Å². The van der Waals surface area contributed by atoms with Crippen molar-refractivity contribution in [2.45, 2.75) is 39.7 Å². The highest BCUT2D eigenvalue weighted by molar-refractivity contribution is 7.89. The molecule has 6 heteroatoms. The Morgan fingerprint density at radius 1 is 1.28 bits per heavy atom. The van der Waals surface area contributed by atoms with Crippen LogP contribution in [0, 0.1) is 0 Å². The maximum absolute atomic E-state index is 12.2. The molecular formula is C12H28N2O3S. The van der Waals surface area contributed by atoms with E-state index in [1.807, 2.05) is 13.8 Å². The molecule has 0 saturated carbocycles. The second-order valence-electron chi connectivity index (χ2n) is 4.62. The number of nitrogens with zero attached hydrogens (tertiary/aromatic N) is 1. The fourth-order valence-electron chi connectivity index (χ4n) is 1.70. The average molecular weight is 280 g/mol. The summed E-state index contributed by atoms with van der Waals surface area (Å²) in [5.74, 6) is 0.200. The van der Waals surface area contributed by atoms with Crippen molar-refractivity contribution in [3.63, 3.8) is 0 Å². The molecule has 18 heavy (non-hydrogen) atoms. The smallest absolute Gasteiger partial charge is 0.214 e. The molecule has 0 heterocycles. The summed E-state index contributed by atoms with van der Waals surface area (Å²) in [6.45, 7) is 8.44. The van der Waals surface area contributed by atoms with E-state index in [-0.39, 0.29) is 11.8 Å². The first-order chi connectivity index (χ1) is 8.45. The highest BCUT2D eigenvalue weighted by Gasteiger charge is 2.23. The Labute approximate surface area is 112 Å². The summed E-state index contributed by atoms with van der Waals surface area (Å²) in [4.78, 5) is 0. The zero-order chi connectivity index (χ0) is 14.0. The van der Waals surface area contributed by atoms with Gasteiger partial charge in [0.2, 0.25) is 10.0 Å². The minimum absolute atomic E-state index is 0.0197. The van der Waals surface area contributed by atoms with Gasteiger partial charge in [0, 0.05) is 19.7 Å². The number of nitrogens with one attached hydrogen (secondary N) is 1. The first-order valence-electron chi connectivity index (χ1n) is 6.64. The molecule has 0 aliphatic carbocycles. The molecule has 110 valence electrons. The van der Waals surface area contributed by atoms with E-state index in [9.17, 15) is 8.42 Å². The van der Waals surface area contributed by atoms with Crippen LogP contribution in [0.3, 0.4) is 0 Å². The van der Waals surface area contributed by atoms with Crippen molar-refractivity contribution >= 4 is 10.0 Å². The highest BCUT2D eigenvalue weighted by atomic mass is 32.2. The van der Waals surface area contributed by atoms with Crippen LogP contribution in [0.15, 0.2) is 0 Å². The standard InChI is InChI=1S/C12H28N2O3S/c1-5-7-13-8-6-11-18(15,16)14(12(2)3)9-10-17-4/h12-13H,5-11H2,1-4H3. The van der Waals surface area contributed by atoms with Gasteiger partial charge in [0.15, 0.2) is 0 Å². The van der Waals surface area contributed by atoms with Crippen molar-refractivity contribution in [2.75, 3.05) is 39.1 Å². The number of methoxy groups -OCH3 is 1. The fraction of sp³-hybridized carbons (Fsp3) is 1.00. The van der Waals surface area contributed by atoms with E-state index >= 15 is 0 Å². The molecule has 0 aliphatic rings. The molecule has 0 spiro atoms. The van der Waals surface area contributed by atoms with Gasteiger partial charge in [-0.1, -0.05) is 6.92 Å². The lowest BCUT2D eigenvalue weighted by Crippen LogP contribution is -2.41. The molecule has 5 nitrogen and oxygen atoms in total. The number of rotatable bonds is 11. The predicted octanol–water partition coefficient (Wildman–Crippen LogP) is 1.06. The highest BCUT2D eigenvalue weighted by Crippen LogP contribution is 2.08. The van der Waals surface area contributed by atoms with E-state index in [2.05, 4.69) is 12.2 Å². The minimum atomic E-state index is -3.17. The maximum atomic E-state index is 12.2. The Balaban J connectivity index is 4.20. The molecule has 0 rings (SSSR count). The van der Waals surface area contributed by atoms with Crippen molar-refractivity contribution in [3.8, 4) is 0 Å². The summed E-state index contributed by atoms with van der Waals surface area (Å²) in [6, 6.07) is -0.0197. The number of hydrogen-bond donors (Lipinski definition) is 1. The summed E-state index contributed by atoms with van der Waals surface area (Å²) in [5.41, 5.74) is 0. The SMILES string of the molecule is CCCNCCCS(=O)(=O)N(CCOC)C(C)C. The van der Waals surface area contributed by atoms with Gasteiger partial charge in [-0.05, 0) is 39.8 Å². The van der Waals surface area contributed by atoms with Gasteiger partial charge in [-0.3, -0.25) is 0 Å². The Bertz CT molecular complexity index is 292. The van der Waals surface area contributed by atoms with Crippen LogP contribution in [-0.2, 0) is 14.8 Å². The van der Waals surface area contributed by atoms with Crippen LogP contribution < -0.4 is 5.32 Å². The second-order valence-corrected chi connectivity index (χ2v) is 6.66. The minimum Gasteiger partial charge on any atom is -0.383 e. The van der Waals surface area contributed by atoms with E-state index in [1.54, 1.807) is 7.11 Å². The molecule has 0 amide bonds. The van der Waals surface area contributed by atoms with Crippen molar-refractivity contribution in [2.24, 2.45) is 0 Å². The monoisotopic (exact) mass is 280 g/mol. The molecule has 0 bridgehead atoms. The number of ether oxygens (including phenoxy) is 1. The lowest BCUT2D eigenvalue weighted by Gasteiger charge is -2.25. The van der Waals surface area contributed by atoms with Gasteiger partial charge in [-0.2, -0.15) is 4.31 Å². The molecule has 1 N–H and O–H groups in total. The Morgan fingerprint density at radius 3 is 2.44 bits per heavy atom. The van der Waals surface area contributed by atoms with Crippen molar-refractivity contribution in [3.05, 3.63) is 0 Å². The third-order valence-corrected chi connectivity index (χ3v) is 4.76. The summed E-state index contributed by atoms with van der Waals surface area (Å²) in [7, 11) is -1.58. The van der Waals surface area contributed by atoms with E-state index in [0.29, 0.717) is 19.6 Å². The summed E-state index contributed by atoms with van der Waals surface area (Å²) < 4.78 is 30.8. The quantitative estimate of drug-likeness (QED) is 0.575. The van der Waals surface area contributed by atoms with Gasteiger partial charge in [-0.25, -0.2) is 8.42 Å². The Kier molecular flexibility index (Phi) is 9.63. The molecule has 0 aromatic rings. The van der Waals surface area contributed by atoms with Gasteiger partial charge in [-0.15, -0.1) is 0 Å². The zero-order valence-corrected chi connectivity index (χ0v) is 12.9. The summed E-state index contributed by atoms with van der Waals surface area (Å²) >= 11 is 0. The largest absolute Gasteiger partial charge is 0.383 e. The first-order valence-corrected chi connectivity index (χ1v) is 8.25. The normalized spacial score (nSPS) is 12.6. The topological polar surface area (TPSA) is 58.6 Å². The summed E-state index contributed by atoms with van der Waals surface area (Å²) in [6.07, 6.45) is 1.72. The van der Waals surface area contributed by atoms with Crippen LogP contribution in [0.1, 0.15) is 33.6 Å². The average Bonchev–Trinajstić information content (AvgIpc) is 2.28. The van der Waals surface area contributed by atoms with Crippen LogP contribution in [0.25, 0.3) is 0 Å². The zero-order valence-electron chi connectivity index (χ0n) is 12.1. The molecule has 0 saturated heterocycles. The van der Waals surface area contributed by atoms with Crippen molar-refractivity contribution in [1.82, 2.24) is 9.62 Å². The third kappa shape index (κ3) is 7.31. The number of hydrogen-bond acceptors (Lipinski definition) is 4. The summed E-state index contributed by atoms with van der Waals surface area (Å²) in [5, 5.41) is 3.21. The molecule has 0 atom stereocenters. The lowest BCUT2D eigenvalue weighted by atomic mass is 10.4. The van der Waals surface area contributed by atoms with Gasteiger partial charge in [0.25, 0.3) is 0 Å².